The molecule has 10 heteroatoms. The molecule has 3 rings (SSSR count). The van der Waals surface area contributed by atoms with Crippen LogP contribution < -0.4 is 5.32 Å². The fraction of sp³-hybridized carbons (Fsp3) is 0.529. The van der Waals surface area contributed by atoms with Gasteiger partial charge in [-0.05, 0) is 37.5 Å². The Hall–Kier alpha value is -2.36. The van der Waals surface area contributed by atoms with Gasteiger partial charge in [0.25, 0.3) is 0 Å². The summed E-state index contributed by atoms with van der Waals surface area (Å²) < 4.78 is 37.2. The van der Waals surface area contributed by atoms with Crippen LogP contribution in [0.1, 0.15) is 19.3 Å². The van der Waals surface area contributed by atoms with Gasteiger partial charge in [0.1, 0.15) is 11.9 Å². The predicted octanol–water partition coefficient (Wildman–Crippen LogP) is 1.38. The van der Waals surface area contributed by atoms with E-state index in [4.69, 9.17) is 5.11 Å². The number of carbonyl (C=O) groups is 2. The van der Waals surface area contributed by atoms with Crippen LogP contribution >= 0.6 is 0 Å². The van der Waals surface area contributed by atoms with Crippen LogP contribution in [0.5, 0.6) is 0 Å². The smallest absolute Gasteiger partial charge is 0.407 e. The van der Waals surface area contributed by atoms with Crippen molar-refractivity contribution in [2.24, 2.45) is 0 Å². The van der Waals surface area contributed by atoms with Crippen molar-refractivity contribution in [3.63, 3.8) is 0 Å². The van der Waals surface area contributed by atoms with Crippen molar-refractivity contribution in [2.75, 3.05) is 31.2 Å². The molecular formula is C17H22FN3O5S. The minimum Gasteiger partial charge on any atom is -0.465 e. The largest absolute Gasteiger partial charge is 0.465 e. The van der Waals surface area contributed by atoms with Crippen LogP contribution in [0.2, 0.25) is 0 Å². The standard InChI is InChI=1S/C17H22FN3O5S/c1-27(25,26)12-2-3-14(13(18)10-12)19-15-6-9-21(16(15)22)11-4-7-20(8-5-11)17(23)24/h2-3,10-11,15,19H,4-9H2,1H3,(H,23,24). The zero-order valence-electron chi connectivity index (χ0n) is 14.9. The number of piperidine rings is 1. The average molecular weight is 399 g/mol. The summed E-state index contributed by atoms with van der Waals surface area (Å²) in [6.45, 7) is 1.31. The molecule has 1 atom stereocenters. The second-order valence-electron chi connectivity index (χ2n) is 6.93. The first-order chi connectivity index (χ1) is 12.7. The monoisotopic (exact) mass is 399 g/mol. The number of anilines is 1. The van der Waals surface area contributed by atoms with Crippen LogP contribution in [0.15, 0.2) is 23.1 Å². The molecule has 2 aliphatic rings. The molecule has 0 saturated carbocycles. The molecule has 27 heavy (non-hydrogen) atoms. The maximum Gasteiger partial charge on any atom is 0.407 e. The van der Waals surface area contributed by atoms with Crippen molar-refractivity contribution < 1.29 is 27.5 Å². The maximum atomic E-state index is 14.2. The van der Waals surface area contributed by atoms with Crippen molar-refractivity contribution in [1.82, 2.24) is 9.80 Å². The molecule has 1 aromatic carbocycles. The minimum absolute atomic E-state index is 0.0163. The van der Waals surface area contributed by atoms with Crippen LogP contribution in [-0.4, -0.2) is 73.3 Å². The normalized spacial score (nSPS) is 21.6. The van der Waals surface area contributed by atoms with Gasteiger partial charge >= 0.3 is 6.09 Å². The van der Waals surface area contributed by atoms with E-state index in [2.05, 4.69) is 5.32 Å². The maximum absolute atomic E-state index is 14.2. The third-order valence-corrected chi connectivity index (χ3v) is 6.22. The predicted molar refractivity (Wildman–Crippen MR) is 95.9 cm³/mol. The van der Waals surface area contributed by atoms with Gasteiger partial charge < -0.3 is 20.2 Å². The molecule has 1 unspecified atom stereocenters. The van der Waals surface area contributed by atoms with E-state index in [-0.39, 0.29) is 22.5 Å². The number of nitrogens with one attached hydrogen (secondary N) is 1. The summed E-state index contributed by atoms with van der Waals surface area (Å²) in [5, 5.41) is 11.9. The number of carboxylic acid groups (broad SMARTS) is 1. The van der Waals surface area contributed by atoms with E-state index in [9.17, 15) is 22.4 Å². The number of halogens is 1. The summed E-state index contributed by atoms with van der Waals surface area (Å²) in [5.74, 6) is -0.866. The van der Waals surface area contributed by atoms with Crippen molar-refractivity contribution in [1.29, 1.82) is 0 Å². The first kappa shape index (κ1) is 19.4. The molecule has 148 valence electrons. The fourth-order valence-electron chi connectivity index (χ4n) is 3.60. The number of sulfone groups is 1. The highest BCUT2D eigenvalue weighted by Crippen LogP contribution is 2.26. The van der Waals surface area contributed by atoms with Crippen LogP contribution in [-0.2, 0) is 14.6 Å². The molecule has 0 spiro atoms. The lowest BCUT2D eigenvalue weighted by Crippen LogP contribution is -2.48. The Labute approximate surface area is 156 Å². The number of nitrogens with zero attached hydrogens (tertiary/aromatic N) is 2. The van der Waals surface area contributed by atoms with E-state index in [1.54, 1.807) is 4.90 Å². The van der Waals surface area contributed by atoms with Crippen LogP contribution in [0.3, 0.4) is 0 Å². The average Bonchev–Trinajstić information content (AvgIpc) is 2.96. The van der Waals surface area contributed by atoms with Crippen molar-refractivity contribution >= 4 is 27.5 Å². The first-order valence-electron chi connectivity index (χ1n) is 8.71. The quantitative estimate of drug-likeness (QED) is 0.792. The van der Waals surface area contributed by atoms with Crippen molar-refractivity contribution in [2.45, 2.75) is 36.2 Å². The lowest BCUT2D eigenvalue weighted by Gasteiger charge is -2.35. The van der Waals surface area contributed by atoms with Crippen LogP contribution in [0.4, 0.5) is 14.9 Å². The van der Waals surface area contributed by atoms with Crippen LogP contribution in [0.25, 0.3) is 0 Å². The number of benzene rings is 1. The van der Waals surface area contributed by atoms with Crippen LogP contribution in [0, 0.1) is 5.82 Å². The molecule has 8 nitrogen and oxygen atoms in total. The SMILES string of the molecule is CS(=O)(=O)c1ccc(NC2CCN(C3CCN(C(=O)O)CC3)C2=O)c(F)c1. The number of rotatable bonds is 4. The summed E-state index contributed by atoms with van der Waals surface area (Å²) in [6.07, 6.45) is 1.73. The van der Waals surface area contributed by atoms with Gasteiger partial charge in [0.2, 0.25) is 5.91 Å². The molecule has 2 saturated heterocycles. The van der Waals surface area contributed by atoms with Gasteiger partial charge in [0, 0.05) is 31.9 Å². The second kappa shape index (κ2) is 7.34. The molecule has 0 radical (unpaired) electrons. The van der Waals surface area contributed by atoms with E-state index < -0.39 is 27.8 Å². The summed E-state index contributed by atoms with van der Waals surface area (Å²) in [7, 11) is -3.50. The first-order valence-corrected chi connectivity index (χ1v) is 10.6. The van der Waals surface area contributed by atoms with E-state index in [0.29, 0.717) is 38.9 Å². The van der Waals surface area contributed by atoms with Gasteiger partial charge in [-0.2, -0.15) is 0 Å². The molecule has 2 fully saturated rings. The summed E-state index contributed by atoms with van der Waals surface area (Å²) in [5.41, 5.74) is 0.0864. The number of hydrogen-bond donors (Lipinski definition) is 2. The Morgan fingerprint density at radius 1 is 1.22 bits per heavy atom. The number of likely N-dealkylation sites (tertiary alicyclic amines) is 2. The Morgan fingerprint density at radius 3 is 2.44 bits per heavy atom. The Bertz CT molecular complexity index is 852. The molecule has 1 aromatic rings. The minimum atomic E-state index is -3.50. The highest BCUT2D eigenvalue weighted by Gasteiger charge is 2.37. The molecule has 0 aliphatic carbocycles. The lowest BCUT2D eigenvalue weighted by atomic mass is 10.0. The molecule has 2 N–H and O–H groups in total. The van der Waals surface area contributed by atoms with Gasteiger partial charge in [0.05, 0.1) is 10.6 Å². The summed E-state index contributed by atoms with van der Waals surface area (Å²) >= 11 is 0. The van der Waals surface area contributed by atoms with E-state index in [1.807, 2.05) is 0 Å². The van der Waals surface area contributed by atoms with E-state index in [1.165, 1.54) is 17.0 Å². The van der Waals surface area contributed by atoms with Gasteiger partial charge in [0.15, 0.2) is 9.84 Å². The molecule has 2 heterocycles. The number of carbonyl (C=O) groups excluding carboxylic acids is 1. The Kier molecular flexibility index (Phi) is 5.27. The topological polar surface area (TPSA) is 107 Å². The van der Waals surface area contributed by atoms with Crippen molar-refractivity contribution in [3.05, 3.63) is 24.0 Å². The third kappa shape index (κ3) is 4.15. The van der Waals surface area contributed by atoms with Gasteiger partial charge in [-0.1, -0.05) is 0 Å². The third-order valence-electron chi connectivity index (χ3n) is 5.11. The second-order valence-corrected chi connectivity index (χ2v) is 8.95. The number of amides is 2. The highest BCUT2D eigenvalue weighted by atomic mass is 32.2. The molecule has 0 bridgehead atoms. The zero-order valence-corrected chi connectivity index (χ0v) is 15.7. The summed E-state index contributed by atoms with van der Waals surface area (Å²) in [4.78, 5) is 26.6. The van der Waals surface area contributed by atoms with Gasteiger partial charge in [-0.25, -0.2) is 17.6 Å². The van der Waals surface area contributed by atoms with Gasteiger partial charge in [-0.3, -0.25) is 4.79 Å². The Morgan fingerprint density at radius 2 is 1.89 bits per heavy atom. The molecule has 0 aromatic heterocycles. The highest BCUT2D eigenvalue weighted by molar-refractivity contribution is 7.90. The van der Waals surface area contributed by atoms with E-state index in [0.717, 1.165) is 12.3 Å². The zero-order chi connectivity index (χ0) is 19.8. The summed E-state index contributed by atoms with van der Waals surface area (Å²) in [6, 6.07) is 2.97. The Balaban J connectivity index is 1.63. The molecular weight excluding hydrogens is 377 g/mol. The fourth-order valence-corrected chi connectivity index (χ4v) is 4.23. The molecule has 2 amide bonds. The number of hydrogen-bond acceptors (Lipinski definition) is 5. The molecule has 2 aliphatic heterocycles. The van der Waals surface area contributed by atoms with E-state index >= 15 is 0 Å². The lowest BCUT2D eigenvalue weighted by molar-refractivity contribution is -0.131. The van der Waals surface area contributed by atoms with Gasteiger partial charge in [-0.15, -0.1) is 0 Å². The van der Waals surface area contributed by atoms with Crippen molar-refractivity contribution in [3.8, 4) is 0 Å².